The summed E-state index contributed by atoms with van der Waals surface area (Å²) in [6.45, 7) is 0. The number of ketones is 1. The van der Waals surface area contributed by atoms with Crippen molar-refractivity contribution < 1.29 is 27.6 Å². The van der Waals surface area contributed by atoms with Crippen molar-refractivity contribution in [2.24, 2.45) is 28.5 Å². The van der Waals surface area contributed by atoms with Crippen molar-refractivity contribution >= 4 is 34.9 Å². The summed E-state index contributed by atoms with van der Waals surface area (Å²) in [6.07, 6.45) is -5.97. The number of benzene rings is 2. The van der Waals surface area contributed by atoms with Crippen LogP contribution in [0, 0.1) is 17.8 Å². The number of nitrogens with zero attached hydrogens (tertiary/aromatic N) is 1. The highest BCUT2D eigenvalue weighted by atomic mass is 35.5. The number of halogens is 4. The molecule has 0 unspecified atom stereocenters. The zero-order valence-corrected chi connectivity index (χ0v) is 20.7. The Morgan fingerprint density at radius 2 is 1.78 bits per heavy atom. The molecule has 0 spiro atoms. The molecule has 0 bridgehead atoms. The summed E-state index contributed by atoms with van der Waals surface area (Å²) < 4.78 is 39.3. The number of rotatable bonds is 9. The Labute approximate surface area is 217 Å². The van der Waals surface area contributed by atoms with Gasteiger partial charge in [-0.25, -0.2) is 0 Å². The van der Waals surface area contributed by atoms with Crippen molar-refractivity contribution in [2.45, 2.75) is 50.9 Å². The van der Waals surface area contributed by atoms with Crippen molar-refractivity contribution in [1.82, 2.24) is 5.32 Å². The quantitative estimate of drug-likeness (QED) is 0.492. The van der Waals surface area contributed by atoms with E-state index in [0.29, 0.717) is 27.4 Å². The molecular weight excluding hydrogens is 507 g/mol. The number of primary amides is 1. The standard InChI is InChI=1S/C27H27ClF3N3O3/c28-21-8-4-7-17-19(21)14-22(35)25(33-23(17)16-5-2-1-3-6-16)34-26(37)18(11-12-27(29,30)31)20(24(32)36)13-15-9-10-15/h1-8,15,18,20,25H,9-14H2,(H2,32,36)(H,34,37)/t18-,20+,25-/m1/s1. The van der Waals surface area contributed by atoms with Crippen molar-refractivity contribution in [2.75, 3.05) is 0 Å². The summed E-state index contributed by atoms with van der Waals surface area (Å²) in [5.41, 5.74) is 7.81. The number of alkyl halides is 3. The van der Waals surface area contributed by atoms with Gasteiger partial charge in [-0.3, -0.25) is 19.4 Å². The largest absolute Gasteiger partial charge is 0.389 e. The minimum Gasteiger partial charge on any atom is -0.369 e. The highest BCUT2D eigenvalue weighted by Crippen LogP contribution is 2.39. The van der Waals surface area contributed by atoms with Gasteiger partial charge in [-0.1, -0.05) is 66.9 Å². The summed E-state index contributed by atoms with van der Waals surface area (Å²) in [7, 11) is 0. The second-order valence-corrected chi connectivity index (χ2v) is 10.0. The van der Waals surface area contributed by atoms with E-state index in [2.05, 4.69) is 10.3 Å². The molecule has 1 saturated carbocycles. The van der Waals surface area contributed by atoms with Gasteiger partial charge in [0.25, 0.3) is 0 Å². The van der Waals surface area contributed by atoms with Crippen LogP contribution in [-0.2, 0) is 20.8 Å². The first kappa shape index (κ1) is 26.9. The number of hydrogen-bond donors (Lipinski definition) is 2. The lowest BCUT2D eigenvalue weighted by molar-refractivity contribution is -0.146. The van der Waals surface area contributed by atoms with E-state index in [1.165, 1.54) is 0 Å². The number of carbonyl (C=O) groups is 3. The van der Waals surface area contributed by atoms with Crippen LogP contribution in [0.1, 0.15) is 48.8 Å². The predicted octanol–water partition coefficient (Wildman–Crippen LogP) is 4.61. The third-order valence-corrected chi connectivity index (χ3v) is 7.18. The van der Waals surface area contributed by atoms with Gasteiger partial charge in [-0.15, -0.1) is 0 Å². The third kappa shape index (κ3) is 6.77. The van der Waals surface area contributed by atoms with Gasteiger partial charge in [0.15, 0.2) is 11.9 Å². The molecule has 1 fully saturated rings. The fourth-order valence-electron chi connectivity index (χ4n) is 4.71. The van der Waals surface area contributed by atoms with Crippen LogP contribution in [0.4, 0.5) is 13.2 Å². The Morgan fingerprint density at radius 1 is 1.08 bits per heavy atom. The molecule has 0 radical (unpaired) electrons. The lowest BCUT2D eigenvalue weighted by Crippen LogP contribution is -2.47. The average molecular weight is 534 g/mol. The third-order valence-electron chi connectivity index (χ3n) is 6.83. The van der Waals surface area contributed by atoms with Crippen LogP contribution in [0.2, 0.25) is 5.02 Å². The minimum absolute atomic E-state index is 0.131. The van der Waals surface area contributed by atoms with Gasteiger partial charge in [0.05, 0.1) is 5.71 Å². The Hall–Kier alpha value is -3.20. The molecule has 1 aliphatic heterocycles. The van der Waals surface area contributed by atoms with Crippen LogP contribution in [0.5, 0.6) is 0 Å². The molecule has 6 nitrogen and oxygen atoms in total. The molecular formula is C27H27ClF3N3O3. The van der Waals surface area contributed by atoms with Crippen molar-refractivity contribution in [3.63, 3.8) is 0 Å². The van der Waals surface area contributed by atoms with Gasteiger partial charge in [-0.05, 0) is 30.4 Å². The van der Waals surface area contributed by atoms with Gasteiger partial charge in [0.1, 0.15) is 0 Å². The van der Waals surface area contributed by atoms with Gasteiger partial charge < -0.3 is 11.1 Å². The van der Waals surface area contributed by atoms with Gasteiger partial charge in [0, 0.05) is 40.8 Å². The SMILES string of the molecule is NC(=O)[C@@H](CC1CC1)[C@@H](CCC(F)(F)F)C(=O)N[C@H]1N=C(c2ccccc2)c2cccc(Cl)c2CC1=O. The summed E-state index contributed by atoms with van der Waals surface area (Å²) in [4.78, 5) is 43.4. The smallest absolute Gasteiger partial charge is 0.369 e. The van der Waals surface area contributed by atoms with Gasteiger partial charge in [0.2, 0.25) is 11.8 Å². The number of hydrogen-bond acceptors (Lipinski definition) is 4. The lowest BCUT2D eigenvalue weighted by Gasteiger charge is -2.26. The molecule has 3 atom stereocenters. The Morgan fingerprint density at radius 3 is 2.41 bits per heavy atom. The molecule has 10 heteroatoms. The maximum Gasteiger partial charge on any atom is 0.389 e. The van der Waals surface area contributed by atoms with E-state index < -0.39 is 54.6 Å². The van der Waals surface area contributed by atoms with E-state index in [0.717, 1.165) is 12.8 Å². The van der Waals surface area contributed by atoms with Crippen molar-refractivity contribution in [1.29, 1.82) is 0 Å². The summed E-state index contributed by atoms with van der Waals surface area (Å²) in [6, 6.07) is 14.2. The Bertz CT molecular complexity index is 1210. The van der Waals surface area contributed by atoms with Crippen molar-refractivity contribution in [3.8, 4) is 0 Å². The van der Waals surface area contributed by atoms with Crippen LogP contribution in [0.3, 0.4) is 0 Å². The number of nitrogens with two attached hydrogens (primary N) is 1. The minimum atomic E-state index is -4.52. The summed E-state index contributed by atoms with van der Waals surface area (Å²) in [5.74, 6) is -4.40. The lowest BCUT2D eigenvalue weighted by atomic mass is 9.83. The molecule has 2 aromatic rings. The summed E-state index contributed by atoms with van der Waals surface area (Å²) >= 11 is 6.40. The fraction of sp³-hybridized carbons (Fsp3) is 0.407. The number of nitrogens with one attached hydrogen (secondary N) is 1. The van der Waals surface area contributed by atoms with E-state index >= 15 is 0 Å². The van der Waals surface area contributed by atoms with Crippen LogP contribution in [0.25, 0.3) is 0 Å². The fourth-order valence-corrected chi connectivity index (χ4v) is 4.95. The first-order chi connectivity index (χ1) is 17.5. The first-order valence-electron chi connectivity index (χ1n) is 12.1. The average Bonchev–Trinajstić information content (AvgIpc) is 3.67. The first-order valence-corrected chi connectivity index (χ1v) is 12.5. The zero-order valence-electron chi connectivity index (χ0n) is 19.9. The number of fused-ring (bicyclic) bond motifs is 1. The molecule has 37 heavy (non-hydrogen) atoms. The number of amides is 2. The normalized spacial score (nSPS) is 19.3. The molecule has 2 amide bonds. The molecule has 2 aromatic carbocycles. The zero-order chi connectivity index (χ0) is 26.7. The van der Waals surface area contributed by atoms with Crippen LogP contribution < -0.4 is 11.1 Å². The molecule has 196 valence electrons. The molecule has 2 aliphatic rings. The Balaban J connectivity index is 1.67. The topological polar surface area (TPSA) is 102 Å². The molecule has 1 aliphatic carbocycles. The maximum atomic E-state index is 13.4. The second-order valence-electron chi connectivity index (χ2n) is 9.61. The van der Waals surface area contributed by atoms with Crippen LogP contribution >= 0.6 is 11.6 Å². The predicted molar refractivity (Wildman–Crippen MR) is 133 cm³/mol. The Kier molecular flexibility index (Phi) is 8.02. The van der Waals surface area contributed by atoms with E-state index in [4.69, 9.17) is 17.3 Å². The van der Waals surface area contributed by atoms with Crippen LogP contribution in [-0.4, -0.2) is 35.7 Å². The number of Topliss-reactive ketones (excluding diaryl/α,β-unsaturated/α-hetero) is 1. The van der Waals surface area contributed by atoms with E-state index in [1.807, 2.05) is 6.07 Å². The molecule has 0 saturated heterocycles. The number of carbonyl (C=O) groups excluding carboxylic acids is 3. The monoisotopic (exact) mass is 533 g/mol. The van der Waals surface area contributed by atoms with Crippen molar-refractivity contribution in [3.05, 3.63) is 70.2 Å². The highest BCUT2D eigenvalue weighted by molar-refractivity contribution is 6.32. The highest BCUT2D eigenvalue weighted by Gasteiger charge is 2.41. The number of aliphatic imine (C=N–C) groups is 1. The van der Waals surface area contributed by atoms with Gasteiger partial charge in [-0.2, -0.15) is 13.2 Å². The summed E-state index contributed by atoms with van der Waals surface area (Å²) in [5, 5.41) is 2.90. The molecule has 0 aromatic heterocycles. The van der Waals surface area contributed by atoms with Gasteiger partial charge >= 0.3 is 6.18 Å². The van der Waals surface area contributed by atoms with E-state index in [-0.39, 0.29) is 18.8 Å². The molecule has 4 rings (SSSR count). The molecule has 3 N–H and O–H groups in total. The van der Waals surface area contributed by atoms with Crippen LogP contribution in [0.15, 0.2) is 53.5 Å². The van der Waals surface area contributed by atoms with E-state index in [1.54, 1.807) is 42.5 Å². The molecule has 1 heterocycles. The second kappa shape index (κ2) is 11.0. The van der Waals surface area contributed by atoms with E-state index in [9.17, 15) is 27.6 Å². The maximum absolute atomic E-state index is 13.4.